The van der Waals surface area contributed by atoms with Crippen molar-refractivity contribution in [2.75, 3.05) is 38.5 Å². The second-order valence-electron chi connectivity index (χ2n) is 9.84. The second kappa shape index (κ2) is 11.1. The summed E-state index contributed by atoms with van der Waals surface area (Å²) in [7, 11) is 2.11. The molecule has 0 unspecified atom stereocenters. The molecule has 2 fully saturated rings. The van der Waals surface area contributed by atoms with Crippen LogP contribution in [0.3, 0.4) is 0 Å². The number of terminal acetylenes is 1. The SMILES string of the molecule is C#C[C@H](CC(=O)N1CCC(O)(Cn2cnc(NC[C@H]3CCCN3C)cc2=O)CC1)c1ccccc1. The zero-order valence-corrected chi connectivity index (χ0v) is 20.4. The van der Waals surface area contributed by atoms with Gasteiger partial charge in [0.15, 0.2) is 0 Å². The van der Waals surface area contributed by atoms with Crippen LogP contribution in [-0.2, 0) is 11.3 Å². The van der Waals surface area contributed by atoms with E-state index in [4.69, 9.17) is 6.42 Å². The molecular formula is C27H35N5O3. The molecule has 3 heterocycles. The molecule has 0 aliphatic carbocycles. The molecule has 2 atom stereocenters. The molecule has 0 bridgehead atoms. The quantitative estimate of drug-likeness (QED) is 0.565. The van der Waals surface area contributed by atoms with Crippen LogP contribution in [0.15, 0.2) is 47.5 Å². The van der Waals surface area contributed by atoms with Gasteiger partial charge in [-0.3, -0.25) is 14.2 Å². The van der Waals surface area contributed by atoms with E-state index in [2.05, 4.69) is 28.2 Å². The van der Waals surface area contributed by atoms with Crippen molar-refractivity contribution in [3.63, 3.8) is 0 Å². The summed E-state index contributed by atoms with van der Waals surface area (Å²) in [6, 6.07) is 11.6. The number of carbonyl (C=O) groups excluding carboxylic acids is 1. The van der Waals surface area contributed by atoms with Crippen molar-refractivity contribution in [3.05, 3.63) is 58.6 Å². The number of likely N-dealkylation sites (tertiary alicyclic amines) is 2. The highest BCUT2D eigenvalue weighted by Gasteiger charge is 2.35. The molecule has 0 radical (unpaired) electrons. The van der Waals surface area contributed by atoms with Crippen molar-refractivity contribution in [1.82, 2.24) is 19.4 Å². The van der Waals surface area contributed by atoms with Crippen molar-refractivity contribution in [3.8, 4) is 12.3 Å². The largest absolute Gasteiger partial charge is 0.388 e. The lowest BCUT2D eigenvalue weighted by atomic mass is 9.90. The molecule has 0 spiro atoms. The maximum atomic E-state index is 12.9. The Morgan fingerprint density at radius 1 is 1.29 bits per heavy atom. The standard InChI is InChI=1S/C27H35N5O3/c1-3-21(22-8-5-4-6-9-22)16-25(33)31-14-11-27(35,12-15-31)19-32-20-29-24(17-26(32)34)28-18-23-10-7-13-30(23)2/h1,4-6,8-9,17,20-21,23,28,35H,7,10-16,18-19H2,2H3/t21-,23-/m1/s1. The minimum absolute atomic E-state index is 0.0129. The third-order valence-electron chi connectivity index (χ3n) is 7.36. The Labute approximate surface area is 207 Å². The second-order valence-corrected chi connectivity index (χ2v) is 9.84. The molecule has 35 heavy (non-hydrogen) atoms. The number of piperidine rings is 1. The highest BCUT2D eigenvalue weighted by Crippen LogP contribution is 2.26. The fraction of sp³-hybridized carbons (Fsp3) is 0.519. The molecule has 1 aromatic heterocycles. The maximum Gasteiger partial charge on any atom is 0.255 e. The molecule has 8 nitrogen and oxygen atoms in total. The summed E-state index contributed by atoms with van der Waals surface area (Å²) >= 11 is 0. The van der Waals surface area contributed by atoms with E-state index in [0.29, 0.717) is 37.8 Å². The van der Waals surface area contributed by atoms with E-state index >= 15 is 0 Å². The zero-order chi connectivity index (χ0) is 24.8. The molecule has 2 aromatic rings. The summed E-state index contributed by atoms with van der Waals surface area (Å²) in [6.07, 6.45) is 10.5. The van der Waals surface area contributed by atoms with E-state index < -0.39 is 5.60 Å². The van der Waals surface area contributed by atoms with Gasteiger partial charge < -0.3 is 20.2 Å². The van der Waals surface area contributed by atoms with Gasteiger partial charge >= 0.3 is 0 Å². The molecule has 1 amide bonds. The number of aromatic nitrogens is 2. The number of hydrogen-bond acceptors (Lipinski definition) is 6. The van der Waals surface area contributed by atoms with Crippen molar-refractivity contribution in [2.24, 2.45) is 0 Å². The molecule has 8 heteroatoms. The van der Waals surface area contributed by atoms with Gasteiger partial charge in [-0.15, -0.1) is 6.42 Å². The summed E-state index contributed by atoms with van der Waals surface area (Å²) in [4.78, 5) is 34.0. The molecule has 2 saturated heterocycles. The lowest BCUT2D eigenvalue weighted by Gasteiger charge is -2.38. The van der Waals surface area contributed by atoms with Gasteiger partial charge in [0.25, 0.3) is 5.56 Å². The van der Waals surface area contributed by atoms with E-state index in [1.807, 2.05) is 30.3 Å². The minimum atomic E-state index is -1.06. The Balaban J connectivity index is 1.29. The monoisotopic (exact) mass is 477 g/mol. The van der Waals surface area contributed by atoms with Gasteiger partial charge in [0.1, 0.15) is 5.82 Å². The summed E-state index contributed by atoms with van der Waals surface area (Å²) in [5.41, 5.74) is -0.305. The van der Waals surface area contributed by atoms with Crippen LogP contribution in [0.5, 0.6) is 0 Å². The number of anilines is 1. The van der Waals surface area contributed by atoms with Gasteiger partial charge in [-0.1, -0.05) is 36.3 Å². The van der Waals surface area contributed by atoms with Crippen molar-refractivity contribution in [1.29, 1.82) is 0 Å². The van der Waals surface area contributed by atoms with Gasteiger partial charge in [0, 0.05) is 38.2 Å². The average Bonchev–Trinajstić information content (AvgIpc) is 3.28. The van der Waals surface area contributed by atoms with E-state index in [1.165, 1.54) is 23.4 Å². The number of likely N-dealkylation sites (N-methyl/N-ethyl adjacent to an activating group) is 1. The predicted octanol–water partition coefficient (Wildman–Crippen LogP) is 1.91. The Hall–Kier alpha value is -3.15. The van der Waals surface area contributed by atoms with E-state index in [1.54, 1.807) is 4.90 Å². The Morgan fingerprint density at radius 3 is 2.66 bits per heavy atom. The van der Waals surface area contributed by atoms with E-state index in [0.717, 1.165) is 25.1 Å². The van der Waals surface area contributed by atoms with Crippen molar-refractivity contribution < 1.29 is 9.90 Å². The molecule has 186 valence electrons. The van der Waals surface area contributed by atoms with Crippen LogP contribution < -0.4 is 10.9 Å². The van der Waals surface area contributed by atoms with E-state index in [-0.39, 0.29) is 30.3 Å². The van der Waals surface area contributed by atoms with Crippen LogP contribution in [0.4, 0.5) is 5.82 Å². The van der Waals surface area contributed by atoms with Gasteiger partial charge in [0.05, 0.1) is 24.4 Å². The molecule has 1 aromatic carbocycles. The Bertz CT molecular complexity index is 1100. The molecule has 0 saturated carbocycles. The van der Waals surface area contributed by atoms with Crippen molar-refractivity contribution >= 4 is 11.7 Å². The maximum absolute atomic E-state index is 12.9. The number of benzene rings is 1. The molecular weight excluding hydrogens is 442 g/mol. The normalized spacial score (nSPS) is 20.8. The number of nitrogens with one attached hydrogen (secondary N) is 1. The number of carbonyl (C=O) groups is 1. The minimum Gasteiger partial charge on any atom is -0.388 e. The van der Waals surface area contributed by atoms with Crippen LogP contribution >= 0.6 is 0 Å². The average molecular weight is 478 g/mol. The zero-order valence-electron chi connectivity index (χ0n) is 20.4. The summed E-state index contributed by atoms with van der Waals surface area (Å²) in [5, 5.41) is 14.4. The predicted molar refractivity (Wildman–Crippen MR) is 136 cm³/mol. The highest BCUT2D eigenvalue weighted by molar-refractivity contribution is 5.77. The summed E-state index contributed by atoms with van der Waals surface area (Å²) in [5.74, 6) is 3.00. The van der Waals surface area contributed by atoms with Gasteiger partial charge in [-0.2, -0.15) is 0 Å². The lowest BCUT2D eigenvalue weighted by molar-refractivity contribution is -0.136. The molecule has 2 aliphatic heterocycles. The fourth-order valence-corrected chi connectivity index (χ4v) is 5.01. The van der Waals surface area contributed by atoms with Gasteiger partial charge in [0.2, 0.25) is 5.91 Å². The summed E-state index contributed by atoms with van der Waals surface area (Å²) < 4.78 is 1.45. The third-order valence-corrected chi connectivity index (χ3v) is 7.36. The first-order chi connectivity index (χ1) is 16.9. The fourth-order valence-electron chi connectivity index (χ4n) is 5.01. The molecule has 2 aliphatic rings. The first-order valence-corrected chi connectivity index (χ1v) is 12.4. The number of nitrogens with zero attached hydrogens (tertiary/aromatic N) is 4. The lowest BCUT2D eigenvalue weighted by Crippen LogP contribution is -2.49. The van der Waals surface area contributed by atoms with Crippen molar-refractivity contribution in [2.45, 2.75) is 56.2 Å². The number of rotatable bonds is 8. The number of amides is 1. The van der Waals surface area contributed by atoms with E-state index in [9.17, 15) is 14.7 Å². The van der Waals surface area contributed by atoms with Gasteiger partial charge in [-0.25, -0.2) is 4.98 Å². The Morgan fingerprint density at radius 2 is 2.03 bits per heavy atom. The highest BCUT2D eigenvalue weighted by atomic mass is 16.3. The van der Waals surface area contributed by atoms with Gasteiger partial charge in [-0.05, 0) is 44.8 Å². The van der Waals surface area contributed by atoms with Crippen LogP contribution in [0.2, 0.25) is 0 Å². The number of hydrogen-bond donors (Lipinski definition) is 2. The third kappa shape index (κ3) is 6.30. The van der Waals surface area contributed by atoms with Crippen LogP contribution in [-0.4, -0.2) is 75.2 Å². The molecule has 2 N–H and O–H groups in total. The first-order valence-electron chi connectivity index (χ1n) is 12.4. The first kappa shape index (κ1) is 25.0. The van der Waals surface area contributed by atoms with Crippen LogP contribution in [0.1, 0.15) is 43.6 Å². The van der Waals surface area contributed by atoms with Crippen LogP contribution in [0.25, 0.3) is 0 Å². The Kier molecular flexibility index (Phi) is 7.89. The topological polar surface area (TPSA) is 90.7 Å². The smallest absolute Gasteiger partial charge is 0.255 e. The molecule has 4 rings (SSSR count). The van der Waals surface area contributed by atoms with Crippen LogP contribution in [0, 0.1) is 12.3 Å². The summed E-state index contributed by atoms with van der Waals surface area (Å²) in [6.45, 7) is 2.87. The number of aliphatic hydroxyl groups is 1.